The minimum Gasteiger partial charge on any atom is -0.497 e. The molecule has 0 bridgehead atoms. The zero-order valence-electron chi connectivity index (χ0n) is 10.9. The Morgan fingerprint density at radius 2 is 1.84 bits per heavy atom. The summed E-state index contributed by atoms with van der Waals surface area (Å²) in [6.45, 7) is 0. The molecular weight excluding hydrogens is 244 g/mol. The summed E-state index contributed by atoms with van der Waals surface area (Å²) >= 11 is 0. The number of ether oxygens (including phenoxy) is 2. The predicted molar refractivity (Wildman–Crippen MR) is 73.9 cm³/mol. The Morgan fingerprint density at radius 3 is 2.37 bits per heavy atom. The average Bonchev–Trinajstić information content (AvgIpc) is 2.42. The molecule has 0 aliphatic rings. The van der Waals surface area contributed by atoms with Crippen LogP contribution in [0.4, 0.5) is 0 Å². The lowest BCUT2D eigenvalue weighted by molar-refractivity contribution is -0.131. The Hall–Kier alpha value is -2.49. The molecule has 4 heteroatoms. The summed E-state index contributed by atoms with van der Waals surface area (Å²) in [7, 11) is 3.04. The number of methoxy groups -OCH3 is 2. The molecule has 0 aliphatic carbocycles. The number of hydrogen-bond acceptors (Lipinski definition) is 3. The van der Waals surface area contributed by atoms with Crippen LogP contribution in [0.3, 0.4) is 0 Å². The Bertz CT molecular complexity index is 495. The molecular formula is C15H16O4. The van der Waals surface area contributed by atoms with E-state index in [4.69, 9.17) is 14.6 Å². The number of carbonyl (C=O) groups is 1. The summed E-state index contributed by atoms with van der Waals surface area (Å²) in [5.41, 5.74) is 1.02. The van der Waals surface area contributed by atoms with E-state index in [-0.39, 0.29) is 5.76 Å². The second-order valence-corrected chi connectivity index (χ2v) is 3.58. The smallest absolute Gasteiger partial charge is 0.332 e. The fourth-order valence-corrected chi connectivity index (χ4v) is 1.33. The first-order chi connectivity index (χ1) is 9.15. The van der Waals surface area contributed by atoms with E-state index in [1.54, 1.807) is 25.3 Å². The first-order valence-electron chi connectivity index (χ1n) is 5.63. The van der Waals surface area contributed by atoms with Crippen LogP contribution in [0.2, 0.25) is 0 Å². The minimum absolute atomic E-state index is 0.284. The van der Waals surface area contributed by atoms with Gasteiger partial charge >= 0.3 is 5.97 Å². The largest absolute Gasteiger partial charge is 0.497 e. The highest BCUT2D eigenvalue weighted by molar-refractivity contribution is 5.80. The van der Waals surface area contributed by atoms with Gasteiger partial charge in [0, 0.05) is 0 Å². The third-order valence-corrected chi connectivity index (χ3v) is 2.28. The van der Waals surface area contributed by atoms with E-state index in [1.165, 1.54) is 7.11 Å². The molecule has 1 rings (SSSR count). The molecule has 19 heavy (non-hydrogen) atoms. The lowest BCUT2D eigenvalue weighted by Gasteiger charge is -1.98. The van der Waals surface area contributed by atoms with E-state index in [0.29, 0.717) is 0 Å². The van der Waals surface area contributed by atoms with Crippen molar-refractivity contribution < 1.29 is 19.4 Å². The molecule has 0 saturated carbocycles. The standard InChI is InChI=1S/C15H16O4/c1-18-13-9-7-12(8-10-13)5-3-4-6-14(19-2)11-15(16)17/h3-11H,1-2H3,(H,16,17)/b5-3+,6-4+,14-11-. The maximum atomic E-state index is 10.5. The highest BCUT2D eigenvalue weighted by Gasteiger charge is 1.93. The highest BCUT2D eigenvalue weighted by atomic mass is 16.5. The highest BCUT2D eigenvalue weighted by Crippen LogP contribution is 2.12. The van der Waals surface area contributed by atoms with Gasteiger partial charge in [0.1, 0.15) is 11.5 Å². The molecule has 0 amide bonds. The van der Waals surface area contributed by atoms with Crippen LogP contribution in [0.1, 0.15) is 5.56 Å². The summed E-state index contributed by atoms with van der Waals surface area (Å²) in [5.74, 6) is 0.0475. The molecule has 0 aliphatic heterocycles. The average molecular weight is 260 g/mol. The summed E-state index contributed by atoms with van der Waals surface area (Å²) in [6, 6.07) is 7.59. The van der Waals surface area contributed by atoms with Crippen molar-refractivity contribution in [3.8, 4) is 5.75 Å². The van der Waals surface area contributed by atoms with Gasteiger partial charge in [-0.3, -0.25) is 0 Å². The third-order valence-electron chi connectivity index (χ3n) is 2.28. The summed E-state index contributed by atoms with van der Waals surface area (Å²) in [6.07, 6.45) is 7.98. The maximum absolute atomic E-state index is 10.5. The zero-order chi connectivity index (χ0) is 14.1. The van der Waals surface area contributed by atoms with Crippen LogP contribution >= 0.6 is 0 Å². The molecule has 0 spiro atoms. The Kier molecular flexibility index (Phi) is 5.95. The van der Waals surface area contributed by atoms with Crippen LogP contribution in [0.25, 0.3) is 6.08 Å². The van der Waals surface area contributed by atoms with Gasteiger partial charge in [0.15, 0.2) is 0 Å². The quantitative estimate of drug-likeness (QED) is 0.485. The molecule has 1 N–H and O–H groups in total. The van der Waals surface area contributed by atoms with Gasteiger partial charge in [-0.2, -0.15) is 0 Å². The van der Waals surface area contributed by atoms with Crippen LogP contribution in [0.5, 0.6) is 5.75 Å². The van der Waals surface area contributed by atoms with Gasteiger partial charge in [-0.25, -0.2) is 4.79 Å². The lowest BCUT2D eigenvalue weighted by Crippen LogP contribution is -1.91. The maximum Gasteiger partial charge on any atom is 0.332 e. The molecule has 0 aromatic heterocycles. The summed E-state index contributed by atoms with van der Waals surface area (Å²) < 4.78 is 9.95. The fourth-order valence-electron chi connectivity index (χ4n) is 1.33. The normalized spacial score (nSPS) is 12.0. The van der Waals surface area contributed by atoms with Crippen molar-refractivity contribution in [1.29, 1.82) is 0 Å². The molecule has 0 atom stereocenters. The van der Waals surface area contributed by atoms with Crippen LogP contribution < -0.4 is 4.74 Å². The van der Waals surface area contributed by atoms with Crippen LogP contribution in [0.15, 0.2) is 54.3 Å². The summed E-state index contributed by atoms with van der Waals surface area (Å²) in [4.78, 5) is 10.5. The molecule has 1 aromatic rings. The number of carboxylic acid groups (broad SMARTS) is 1. The van der Waals surface area contributed by atoms with Crippen molar-refractivity contribution >= 4 is 12.0 Å². The molecule has 0 heterocycles. The monoisotopic (exact) mass is 260 g/mol. The van der Waals surface area contributed by atoms with E-state index < -0.39 is 5.97 Å². The first kappa shape index (κ1) is 14.6. The molecule has 4 nitrogen and oxygen atoms in total. The predicted octanol–water partition coefficient (Wildman–Crippen LogP) is 2.88. The van der Waals surface area contributed by atoms with Gasteiger partial charge in [-0.05, 0) is 23.8 Å². The van der Waals surface area contributed by atoms with Crippen molar-refractivity contribution in [2.75, 3.05) is 14.2 Å². The van der Waals surface area contributed by atoms with E-state index in [1.807, 2.05) is 30.3 Å². The van der Waals surface area contributed by atoms with Crippen molar-refractivity contribution in [3.05, 3.63) is 59.9 Å². The SMILES string of the molecule is COC(=C\C(=O)O)/C=C/C=C/c1ccc(OC)cc1. The zero-order valence-corrected chi connectivity index (χ0v) is 10.9. The van der Waals surface area contributed by atoms with Gasteiger partial charge in [0.05, 0.1) is 20.3 Å². The number of hydrogen-bond donors (Lipinski definition) is 1. The number of allylic oxidation sites excluding steroid dienone is 3. The topological polar surface area (TPSA) is 55.8 Å². The van der Waals surface area contributed by atoms with Gasteiger partial charge < -0.3 is 14.6 Å². The number of rotatable bonds is 6. The Morgan fingerprint density at radius 1 is 1.16 bits per heavy atom. The lowest BCUT2D eigenvalue weighted by atomic mass is 10.2. The van der Waals surface area contributed by atoms with Crippen LogP contribution in [-0.2, 0) is 9.53 Å². The fraction of sp³-hybridized carbons (Fsp3) is 0.133. The van der Waals surface area contributed by atoms with E-state index in [0.717, 1.165) is 17.4 Å². The van der Waals surface area contributed by atoms with Crippen molar-refractivity contribution in [2.24, 2.45) is 0 Å². The Labute approximate surface area is 112 Å². The number of aliphatic carboxylic acids is 1. The van der Waals surface area contributed by atoms with E-state index in [2.05, 4.69) is 0 Å². The second-order valence-electron chi connectivity index (χ2n) is 3.58. The van der Waals surface area contributed by atoms with Gasteiger partial charge in [0.2, 0.25) is 0 Å². The molecule has 1 aromatic carbocycles. The van der Waals surface area contributed by atoms with E-state index >= 15 is 0 Å². The second kappa shape index (κ2) is 7.76. The van der Waals surface area contributed by atoms with Gasteiger partial charge in [-0.1, -0.05) is 30.4 Å². The first-order valence-corrected chi connectivity index (χ1v) is 5.63. The van der Waals surface area contributed by atoms with Gasteiger partial charge in [-0.15, -0.1) is 0 Å². The molecule has 100 valence electrons. The van der Waals surface area contributed by atoms with Crippen molar-refractivity contribution in [3.63, 3.8) is 0 Å². The summed E-state index contributed by atoms with van der Waals surface area (Å²) in [5, 5.41) is 8.58. The molecule has 0 unspecified atom stereocenters. The van der Waals surface area contributed by atoms with Crippen molar-refractivity contribution in [1.82, 2.24) is 0 Å². The third kappa shape index (κ3) is 5.59. The Balaban J connectivity index is 2.63. The number of carboxylic acids is 1. The molecule has 0 fully saturated rings. The van der Waals surface area contributed by atoms with Crippen LogP contribution in [0, 0.1) is 0 Å². The van der Waals surface area contributed by atoms with Crippen molar-refractivity contribution in [2.45, 2.75) is 0 Å². The molecule has 0 radical (unpaired) electrons. The van der Waals surface area contributed by atoms with E-state index in [9.17, 15) is 4.79 Å². The minimum atomic E-state index is -1.04. The molecule has 0 saturated heterocycles. The number of benzene rings is 1. The van der Waals surface area contributed by atoms with Crippen LogP contribution in [-0.4, -0.2) is 25.3 Å². The van der Waals surface area contributed by atoms with Gasteiger partial charge in [0.25, 0.3) is 0 Å².